The molecule has 1 aliphatic heterocycles. The highest BCUT2D eigenvalue weighted by atomic mass is 35.5. The summed E-state index contributed by atoms with van der Waals surface area (Å²) in [5.41, 5.74) is 1.08. The Morgan fingerprint density at radius 1 is 1.11 bits per heavy atom. The van der Waals surface area contributed by atoms with E-state index in [-0.39, 0.29) is 12.7 Å². The minimum atomic E-state index is -1.37. The van der Waals surface area contributed by atoms with Gasteiger partial charge in [0.25, 0.3) is 0 Å². The van der Waals surface area contributed by atoms with Crippen molar-refractivity contribution in [3.63, 3.8) is 0 Å². The molecule has 0 bridgehead atoms. The van der Waals surface area contributed by atoms with E-state index in [1.807, 2.05) is 45.0 Å². The van der Waals surface area contributed by atoms with Crippen LogP contribution in [-0.2, 0) is 21.2 Å². The number of halogens is 2. The van der Waals surface area contributed by atoms with Crippen molar-refractivity contribution in [2.45, 2.75) is 49.8 Å². The van der Waals surface area contributed by atoms with Gasteiger partial charge >= 0.3 is 0 Å². The van der Waals surface area contributed by atoms with E-state index in [1.54, 1.807) is 18.3 Å². The summed E-state index contributed by atoms with van der Waals surface area (Å²) in [6.45, 7) is 5.87. The van der Waals surface area contributed by atoms with Gasteiger partial charge in [0, 0.05) is 11.1 Å². The average molecular weight is 567 g/mol. The van der Waals surface area contributed by atoms with Crippen molar-refractivity contribution in [1.29, 1.82) is 0 Å². The highest BCUT2D eigenvalue weighted by Crippen LogP contribution is 2.51. The molecule has 5 rings (SSSR count). The molecule has 2 aliphatic rings. The van der Waals surface area contributed by atoms with E-state index in [0.29, 0.717) is 26.7 Å². The molecule has 2 atom stereocenters. The number of carbonyl (C=O) groups is 1. The van der Waals surface area contributed by atoms with Crippen LogP contribution in [0.1, 0.15) is 55.7 Å². The minimum absolute atomic E-state index is 0.112. The molecule has 1 saturated carbocycles. The van der Waals surface area contributed by atoms with Crippen LogP contribution in [0.25, 0.3) is 0 Å². The summed E-state index contributed by atoms with van der Waals surface area (Å²) in [6, 6.07) is 10.5. The van der Waals surface area contributed by atoms with E-state index >= 15 is 0 Å². The number of ether oxygens (including phenoxy) is 2. The van der Waals surface area contributed by atoms with Crippen LogP contribution in [0.4, 0.5) is 5.13 Å². The van der Waals surface area contributed by atoms with Crippen LogP contribution in [0.15, 0.2) is 42.6 Å². The summed E-state index contributed by atoms with van der Waals surface area (Å²) < 4.78 is 26.6. The third kappa shape index (κ3) is 4.99. The lowest BCUT2D eigenvalue weighted by molar-refractivity contribution is -0.118. The van der Waals surface area contributed by atoms with E-state index in [9.17, 15) is 9.00 Å². The first-order valence-corrected chi connectivity index (χ1v) is 14.1. The standard InChI is InChI=1S/C25H25Cl2N3O4S2/c1-24(2,3)36(32)30-21(14-4-6-16(26)17(27)10-14)20-12-28-23(35-20)29-22(31)25(8-9-25)15-5-7-18-19(11-15)34-13-33-18/h4-7,10-12,21,30H,8-9,13H2,1-3H3,(H,28,29,31)/t21-,36+/m0/s1. The molecule has 1 amide bonds. The van der Waals surface area contributed by atoms with Gasteiger partial charge in [-0.1, -0.05) is 46.7 Å². The van der Waals surface area contributed by atoms with Crippen molar-refractivity contribution < 1.29 is 18.5 Å². The summed E-state index contributed by atoms with van der Waals surface area (Å²) in [5, 5.41) is 4.29. The van der Waals surface area contributed by atoms with Crippen molar-refractivity contribution in [1.82, 2.24) is 9.71 Å². The molecule has 0 spiro atoms. The van der Waals surface area contributed by atoms with Gasteiger partial charge in [-0.15, -0.1) is 0 Å². The number of nitrogens with one attached hydrogen (secondary N) is 2. The molecule has 190 valence electrons. The predicted octanol–water partition coefficient (Wildman–Crippen LogP) is 5.99. The zero-order chi connectivity index (χ0) is 25.7. The summed E-state index contributed by atoms with van der Waals surface area (Å²) in [7, 11) is -1.37. The quantitative estimate of drug-likeness (QED) is 0.367. The first kappa shape index (κ1) is 25.5. The second-order valence-corrected chi connectivity index (χ2v) is 13.7. The molecule has 7 nitrogen and oxygen atoms in total. The summed E-state index contributed by atoms with van der Waals surface area (Å²) >= 11 is 13.7. The number of anilines is 1. The Labute approximate surface area is 226 Å². The molecule has 2 aromatic carbocycles. The van der Waals surface area contributed by atoms with Crippen LogP contribution in [0.5, 0.6) is 11.5 Å². The topological polar surface area (TPSA) is 89.6 Å². The fourth-order valence-electron chi connectivity index (χ4n) is 3.93. The molecule has 3 aromatic rings. The number of carbonyl (C=O) groups excluding carboxylic acids is 1. The van der Waals surface area contributed by atoms with Crippen molar-refractivity contribution >= 4 is 56.6 Å². The Morgan fingerprint density at radius 2 is 1.86 bits per heavy atom. The lowest BCUT2D eigenvalue weighted by Crippen LogP contribution is -2.36. The van der Waals surface area contributed by atoms with Gasteiger partial charge in [0.2, 0.25) is 12.7 Å². The van der Waals surface area contributed by atoms with Gasteiger partial charge < -0.3 is 14.8 Å². The van der Waals surface area contributed by atoms with E-state index < -0.39 is 27.2 Å². The number of aromatic nitrogens is 1. The van der Waals surface area contributed by atoms with Gasteiger partial charge in [-0.3, -0.25) is 4.79 Å². The summed E-state index contributed by atoms with van der Waals surface area (Å²) in [5.74, 6) is 1.23. The second-order valence-electron chi connectivity index (χ2n) is 9.78. The molecular formula is C25H25Cl2N3O4S2. The normalized spacial score (nSPS) is 17.5. The van der Waals surface area contributed by atoms with E-state index in [1.165, 1.54) is 11.3 Å². The maximum Gasteiger partial charge on any atom is 0.236 e. The maximum absolute atomic E-state index is 13.3. The van der Waals surface area contributed by atoms with E-state index in [2.05, 4.69) is 15.0 Å². The van der Waals surface area contributed by atoms with Gasteiger partial charge in [0.1, 0.15) is 0 Å². The molecular weight excluding hydrogens is 541 g/mol. The Kier molecular flexibility index (Phi) is 6.80. The Bertz CT molecular complexity index is 1350. The fraction of sp³-hybridized carbons (Fsp3) is 0.360. The van der Waals surface area contributed by atoms with Crippen molar-refractivity contribution in [3.8, 4) is 11.5 Å². The van der Waals surface area contributed by atoms with Crippen LogP contribution in [0, 0.1) is 0 Å². The Morgan fingerprint density at radius 3 is 2.56 bits per heavy atom. The van der Waals surface area contributed by atoms with Crippen LogP contribution >= 0.6 is 34.5 Å². The smallest absolute Gasteiger partial charge is 0.236 e. The maximum atomic E-state index is 13.3. The van der Waals surface area contributed by atoms with Gasteiger partial charge in [-0.05, 0) is 69.0 Å². The zero-order valence-electron chi connectivity index (χ0n) is 19.9. The number of nitrogens with zero attached hydrogens (tertiary/aromatic N) is 1. The molecule has 36 heavy (non-hydrogen) atoms. The second kappa shape index (κ2) is 9.61. The molecule has 1 aromatic heterocycles. The third-order valence-corrected chi connectivity index (χ3v) is 9.48. The fourth-order valence-corrected chi connectivity index (χ4v) is 6.03. The number of hydrogen-bond acceptors (Lipinski definition) is 6. The molecule has 1 aliphatic carbocycles. The minimum Gasteiger partial charge on any atom is -0.454 e. The molecule has 0 unspecified atom stereocenters. The van der Waals surface area contributed by atoms with Crippen LogP contribution in [0.2, 0.25) is 10.0 Å². The average Bonchev–Trinajstić information content (AvgIpc) is 3.29. The van der Waals surface area contributed by atoms with Crippen molar-refractivity contribution in [2.24, 2.45) is 0 Å². The molecule has 2 heterocycles. The number of thiazole rings is 1. The highest BCUT2D eigenvalue weighted by molar-refractivity contribution is 7.84. The molecule has 0 radical (unpaired) electrons. The first-order valence-electron chi connectivity index (χ1n) is 11.4. The number of hydrogen-bond donors (Lipinski definition) is 2. The summed E-state index contributed by atoms with van der Waals surface area (Å²) in [6.07, 6.45) is 3.17. The van der Waals surface area contributed by atoms with Crippen molar-refractivity contribution in [3.05, 3.63) is 68.6 Å². The summed E-state index contributed by atoms with van der Waals surface area (Å²) in [4.78, 5) is 18.6. The van der Waals surface area contributed by atoms with Gasteiger partial charge in [0.05, 0.1) is 37.2 Å². The number of rotatable bonds is 7. The third-order valence-electron chi connectivity index (χ3n) is 6.20. The molecule has 11 heteroatoms. The molecule has 2 N–H and O–H groups in total. The number of benzene rings is 2. The number of amides is 1. The van der Waals surface area contributed by atoms with E-state index in [0.717, 1.165) is 28.8 Å². The Hall–Kier alpha value is -2.17. The highest BCUT2D eigenvalue weighted by Gasteiger charge is 2.52. The number of fused-ring (bicyclic) bond motifs is 1. The van der Waals surface area contributed by atoms with Crippen LogP contribution in [0.3, 0.4) is 0 Å². The van der Waals surface area contributed by atoms with Crippen molar-refractivity contribution in [2.75, 3.05) is 12.1 Å². The largest absolute Gasteiger partial charge is 0.454 e. The molecule has 0 saturated heterocycles. The lowest BCUT2D eigenvalue weighted by Gasteiger charge is -2.24. The SMILES string of the molecule is CC(C)(C)[S@@](=O)N[C@@H](c1ccc(Cl)c(Cl)c1)c1cnc(NC(=O)C2(c3ccc4c(c3)OCO4)CC2)s1. The zero-order valence-corrected chi connectivity index (χ0v) is 23.0. The van der Waals surface area contributed by atoms with Crippen LogP contribution in [-0.4, -0.2) is 26.6 Å². The van der Waals surface area contributed by atoms with Gasteiger partial charge in [-0.25, -0.2) is 13.9 Å². The van der Waals surface area contributed by atoms with E-state index in [4.69, 9.17) is 32.7 Å². The monoisotopic (exact) mass is 565 g/mol. The molecule has 1 fully saturated rings. The van der Waals surface area contributed by atoms with Crippen LogP contribution < -0.4 is 19.5 Å². The lowest BCUT2D eigenvalue weighted by atomic mass is 9.94. The van der Waals surface area contributed by atoms with Gasteiger partial charge in [-0.2, -0.15) is 0 Å². The predicted molar refractivity (Wildman–Crippen MR) is 144 cm³/mol. The van der Waals surface area contributed by atoms with Gasteiger partial charge in [0.15, 0.2) is 16.6 Å². The Balaban J connectivity index is 1.38. The first-order chi connectivity index (χ1) is 17.1.